The Balaban J connectivity index is 3.06. The Hall–Kier alpha value is -2.38. The van der Waals surface area contributed by atoms with Gasteiger partial charge >= 0.3 is 11.9 Å². The number of rotatable bonds is 6. The smallest absolute Gasteiger partial charge is 0.385 e. The molecule has 0 saturated heterocycles. The summed E-state index contributed by atoms with van der Waals surface area (Å²) in [5, 5.41) is 17.7. The summed E-state index contributed by atoms with van der Waals surface area (Å²) in [7, 11) is 2.55. The van der Waals surface area contributed by atoms with Gasteiger partial charge in [-0.3, -0.25) is 0 Å². The number of carbonyl (C=O) groups is 2. The number of hydrogen-bond acceptors (Lipinski definition) is 7. The summed E-state index contributed by atoms with van der Waals surface area (Å²) >= 11 is 0. The first-order valence-corrected chi connectivity index (χ1v) is 5.97. The Morgan fingerprint density at radius 3 is 2.24 bits per heavy atom. The van der Waals surface area contributed by atoms with Gasteiger partial charge in [0.1, 0.15) is 0 Å². The molecule has 0 bridgehead atoms. The average molecular weight is 296 g/mol. The van der Waals surface area contributed by atoms with E-state index >= 15 is 0 Å². The number of aliphatic hydroxyl groups excluding tert-OH is 2. The van der Waals surface area contributed by atoms with Crippen LogP contribution < -0.4 is 0 Å². The molecule has 0 fully saturated rings. The first-order chi connectivity index (χ1) is 10.0. The van der Waals surface area contributed by atoms with E-state index in [4.69, 9.17) is 19.7 Å². The predicted molar refractivity (Wildman–Crippen MR) is 71.6 cm³/mol. The fraction of sp³-hybridized carbons (Fsp3) is 0.286. The molecule has 0 aliphatic heterocycles. The number of methoxy groups -OCH3 is 2. The van der Waals surface area contributed by atoms with Gasteiger partial charge in [0, 0.05) is 5.56 Å². The summed E-state index contributed by atoms with van der Waals surface area (Å²) in [6.45, 7) is -0.853. The molecule has 7 nitrogen and oxygen atoms in total. The van der Waals surface area contributed by atoms with Crippen LogP contribution in [0.5, 0.6) is 0 Å². The second-order valence-electron chi connectivity index (χ2n) is 3.84. The zero-order valence-corrected chi connectivity index (χ0v) is 11.6. The van der Waals surface area contributed by atoms with Crippen LogP contribution in [0.4, 0.5) is 0 Å². The van der Waals surface area contributed by atoms with Crippen LogP contribution in [0.15, 0.2) is 36.1 Å². The van der Waals surface area contributed by atoms with Crippen molar-refractivity contribution in [2.75, 3.05) is 20.8 Å². The molecule has 0 aliphatic rings. The number of hydrogen-bond donors (Lipinski definition) is 2. The monoisotopic (exact) mass is 296 g/mol. The van der Waals surface area contributed by atoms with Crippen molar-refractivity contribution in [2.24, 2.45) is 0 Å². The Kier molecular flexibility index (Phi) is 6.38. The van der Waals surface area contributed by atoms with E-state index in [2.05, 4.69) is 4.74 Å². The van der Waals surface area contributed by atoms with Gasteiger partial charge < -0.3 is 24.4 Å². The van der Waals surface area contributed by atoms with Gasteiger partial charge in [-0.05, 0) is 0 Å². The van der Waals surface area contributed by atoms with E-state index in [1.807, 2.05) is 0 Å². The Labute approximate surface area is 121 Å². The fourth-order valence-electron chi connectivity index (χ4n) is 1.48. The van der Waals surface area contributed by atoms with Crippen LogP contribution in [0.25, 0.3) is 5.76 Å². The molecule has 1 aromatic rings. The lowest BCUT2D eigenvalue weighted by atomic mass is 10.1. The van der Waals surface area contributed by atoms with E-state index in [1.54, 1.807) is 30.3 Å². The van der Waals surface area contributed by atoms with Crippen LogP contribution >= 0.6 is 0 Å². The van der Waals surface area contributed by atoms with Crippen molar-refractivity contribution in [2.45, 2.75) is 6.10 Å². The molecule has 0 radical (unpaired) electrons. The zero-order chi connectivity index (χ0) is 15.8. The third-order valence-electron chi connectivity index (χ3n) is 2.47. The molecule has 0 aliphatic carbocycles. The van der Waals surface area contributed by atoms with Crippen LogP contribution in [0.2, 0.25) is 0 Å². The van der Waals surface area contributed by atoms with Gasteiger partial charge in [0.25, 0.3) is 0 Å². The maximum Gasteiger partial charge on any atom is 0.385 e. The third-order valence-corrected chi connectivity index (χ3v) is 2.47. The average Bonchev–Trinajstić information content (AvgIpc) is 2.52. The van der Waals surface area contributed by atoms with Crippen molar-refractivity contribution in [1.82, 2.24) is 0 Å². The van der Waals surface area contributed by atoms with E-state index in [0.717, 1.165) is 0 Å². The van der Waals surface area contributed by atoms with Gasteiger partial charge in [0.2, 0.25) is 5.76 Å². The van der Waals surface area contributed by atoms with E-state index in [0.29, 0.717) is 5.56 Å². The van der Waals surface area contributed by atoms with Crippen molar-refractivity contribution in [3.05, 3.63) is 41.7 Å². The molecular formula is C14H16O7. The third kappa shape index (κ3) is 4.30. The molecule has 1 atom stereocenters. The molecule has 21 heavy (non-hydrogen) atoms. The van der Waals surface area contributed by atoms with E-state index in [9.17, 15) is 9.59 Å². The van der Waals surface area contributed by atoms with Crippen LogP contribution in [0.1, 0.15) is 5.56 Å². The Bertz CT molecular complexity index is 521. The lowest BCUT2D eigenvalue weighted by molar-refractivity contribution is -0.166. The molecule has 114 valence electrons. The van der Waals surface area contributed by atoms with Crippen molar-refractivity contribution in [1.29, 1.82) is 0 Å². The lowest BCUT2D eigenvalue weighted by Gasteiger charge is -2.13. The van der Waals surface area contributed by atoms with E-state index in [1.165, 1.54) is 14.2 Å². The van der Waals surface area contributed by atoms with Crippen LogP contribution in [0, 0.1) is 0 Å². The molecule has 1 aromatic carbocycles. The number of benzene rings is 1. The van der Waals surface area contributed by atoms with E-state index in [-0.39, 0.29) is 11.5 Å². The minimum atomic E-state index is -1.80. The molecule has 0 heterocycles. The highest BCUT2D eigenvalue weighted by molar-refractivity contribution is 6.00. The standard InChI is InChI=1S/C14H16O7/c1-19-11(9-6-4-3-5-7-9)12(20-2)14(18)21-13(17)10(16)8-15/h3-7,10,15-16H,8H2,1-2H3. The van der Waals surface area contributed by atoms with Gasteiger partial charge in [-0.25, -0.2) is 9.59 Å². The van der Waals surface area contributed by atoms with Gasteiger partial charge in [-0.15, -0.1) is 0 Å². The highest BCUT2D eigenvalue weighted by Crippen LogP contribution is 2.21. The minimum absolute atomic E-state index is 0.0781. The molecule has 1 unspecified atom stereocenters. The summed E-state index contributed by atoms with van der Waals surface area (Å²) in [5.41, 5.74) is 0.545. The van der Waals surface area contributed by atoms with E-state index < -0.39 is 24.6 Å². The number of aliphatic hydroxyl groups is 2. The fourth-order valence-corrected chi connectivity index (χ4v) is 1.48. The topological polar surface area (TPSA) is 102 Å². The van der Waals surface area contributed by atoms with Crippen molar-refractivity contribution < 1.29 is 34.0 Å². The van der Waals surface area contributed by atoms with Crippen molar-refractivity contribution in [3.8, 4) is 0 Å². The Morgan fingerprint density at radius 2 is 1.76 bits per heavy atom. The maximum atomic E-state index is 11.9. The zero-order valence-electron chi connectivity index (χ0n) is 11.6. The SMILES string of the molecule is COC(C(=O)OC(=O)C(O)CO)=C(OC)c1ccccc1. The van der Waals surface area contributed by atoms with Gasteiger partial charge in [0.15, 0.2) is 11.9 Å². The predicted octanol–water partition coefficient (Wildman–Crippen LogP) is 0.0710. The van der Waals surface area contributed by atoms with Crippen molar-refractivity contribution in [3.63, 3.8) is 0 Å². The second kappa shape index (κ2) is 8.03. The summed E-state index contributed by atoms with van der Waals surface area (Å²) in [6, 6.07) is 8.59. The largest absolute Gasteiger partial charge is 0.492 e. The number of carbonyl (C=O) groups excluding carboxylic acids is 2. The number of esters is 2. The minimum Gasteiger partial charge on any atom is -0.492 e. The quantitative estimate of drug-likeness (QED) is 0.331. The van der Waals surface area contributed by atoms with Crippen LogP contribution in [0.3, 0.4) is 0 Å². The first-order valence-electron chi connectivity index (χ1n) is 5.97. The Morgan fingerprint density at radius 1 is 1.14 bits per heavy atom. The molecule has 1 rings (SSSR count). The van der Waals surface area contributed by atoms with Gasteiger partial charge in [-0.2, -0.15) is 0 Å². The molecule has 0 amide bonds. The second-order valence-corrected chi connectivity index (χ2v) is 3.84. The van der Waals surface area contributed by atoms with Gasteiger partial charge in [-0.1, -0.05) is 30.3 Å². The molecule has 0 spiro atoms. The molecule has 2 N–H and O–H groups in total. The first kappa shape index (κ1) is 16.7. The van der Waals surface area contributed by atoms with Crippen LogP contribution in [-0.2, 0) is 23.8 Å². The highest BCUT2D eigenvalue weighted by Gasteiger charge is 2.26. The summed E-state index contributed by atoms with van der Waals surface area (Å²) < 4.78 is 14.4. The number of ether oxygens (including phenoxy) is 3. The normalized spacial score (nSPS) is 13.0. The molecular weight excluding hydrogens is 280 g/mol. The lowest BCUT2D eigenvalue weighted by Crippen LogP contribution is -2.29. The molecule has 0 saturated carbocycles. The molecule has 0 aromatic heterocycles. The van der Waals surface area contributed by atoms with Gasteiger partial charge in [0.05, 0.1) is 20.8 Å². The summed E-state index contributed by atoms with van der Waals surface area (Å²) in [6.07, 6.45) is -1.80. The summed E-state index contributed by atoms with van der Waals surface area (Å²) in [5.74, 6) is -2.66. The summed E-state index contributed by atoms with van der Waals surface area (Å²) in [4.78, 5) is 23.2. The van der Waals surface area contributed by atoms with Crippen molar-refractivity contribution >= 4 is 17.7 Å². The molecule has 7 heteroatoms. The van der Waals surface area contributed by atoms with Crippen LogP contribution in [-0.4, -0.2) is 49.1 Å². The maximum absolute atomic E-state index is 11.9. The highest BCUT2D eigenvalue weighted by atomic mass is 16.6.